The van der Waals surface area contributed by atoms with Crippen molar-refractivity contribution in [2.75, 3.05) is 0 Å². The predicted octanol–water partition coefficient (Wildman–Crippen LogP) is 4.28. The molecular formula is C17H15BrO2. The van der Waals surface area contributed by atoms with E-state index < -0.39 is 11.4 Å². The Bertz CT molecular complexity index is 687. The molecule has 102 valence electrons. The fraction of sp³-hybridized carbons (Fsp3) is 0.235. The van der Waals surface area contributed by atoms with Crippen LogP contribution in [0.4, 0.5) is 0 Å². The fourth-order valence-electron chi connectivity index (χ4n) is 3.05. The van der Waals surface area contributed by atoms with E-state index in [1.54, 1.807) is 0 Å². The number of benzene rings is 2. The minimum Gasteiger partial charge on any atom is -0.481 e. The summed E-state index contributed by atoms with van der Waals surface area (Å²) in [6.07, 6.45) is 5.12. The number of alkyl halides is 1. The lowest BCUT2D eigenvalue weighted by molar-refractivity contribution is -0.144. The van der Waals surface area contributed by atoms with Crippen LogP contribution in [0.5, 0.6) is 0 Å². The van der Waals surface area contributed by atoms with Crippen molar-refractivity contribution >= 4 is 32.7 Å². The van der Waals surface area contributed by atoms with E-state index in [0.29, 0.717) is 12.8 Å². The molecule has 0 amide bonds. The van der Waals surface area contributed by atoms with Crippen LogP contribution in [0.2, 0.25) is 0 Å². The lowest BCUT2D eigenvalue weighted by Gasteiger charge is -2.34. The van der Waals surface area contributed by atoms with Crippen molar-refractivity contribution in [1.82, 2.24) is 0 Å². The molecule has 0 saturated carbocycles. The van der Waals surface area contributed by atoms with Crippen LogP contribution >= 0.6 is 15.9 Å². The summed E-state index contributed by atoms with van der Waals surface area (Å²) in [6, 6.07) is 13.9. The number of hydrogen-bond donors (Lipinski definition) is 1. The maximum atomic E-state index is 12.0. The van der Waals surface area contributed by atoms with Gasteiger partial charge in [0.2, 0.25) is 0 Å². The lowest BCUT2D eigenvalue weighted by atomic mass is 9.70. The minimum atomic E-state index is -0.843. The molecular weight excluding hydrogens is 316 g/mol. The maximum Gasteiger partial charge on any atom is 0.314 e. The van der Waals surface area contributed by atoms with Gasteiger partial charge in [-0.05, 0) is 29.2 Å². The summed E-state index contributed by atoms with van der Waals surface area (Å²) in [7, 11) is 0. The van der Waals surface area contributed by atoms with E-state index in [4.69, 9.17) is 0 Å². The van der Waals surface area contributed by atoms with Gasteiger partial charge in [0.15, 0.2) is 0 Å². The van der Waals surface area contributed by atoms with Gasteiger partial charge in [-0.3, -0.25) is 4.79 Å². The molecule has 20 heavy (non-hydrogen) atoms. The Morgan fingerprint density at radius 1 is 1.20 bits per heavy atom. The number of aliphatic carboxylic acids is 1. The molecule has 0 aliphatic heterocycles. The molecule has 2 unspecified atom stereocenters. The first-order valence-corrected chi connectivity index (χ1v) is 7.57. The average Bonchev–Trinajstić information content (AvgIpc) is 2.46. The molecule has 1 aliphatic carbocycles. The van der Waals surface area contributed by atoms with Gasteiger partial charge >= 0.3 is 5.97 Å². The molecule has 0 bridgehead atoms. The van der Waals surface area contributed by atoms with Crippen LogP contribution in [-0.2, 0) is 10.2 Å². The van der Waals surface area contributed by atoms with E-state index >= 15 is 0 Å². The Balaban J connectivity index is 2.26. The smallest absolute Gasteiger partial charge is 0.314 e. The quantitative estimate of drug-likeness (QED) is 0.659. The first-order chi connectivity index (χ1) is 9.63. The third-order valence-electron chi connectivity index (χ3n) is 4.07. The summed E-state index contributed by atoms with van der Waals surface area (Å²) in [4.78, 5) is 12.1. The number of carboxylic acid groups (broad SMARTS) is 1. The molecule has 0 radical (unpaired) electrons. The zero-order valence-corrected chi connectivity index (χ0v) is 12.5. The van der Waals surface area contributed by atoms with E-state index in [0.717, 1.165) is 16.3 Å². The van der Waals surface area contributed by atoms with Crippen LogP contribution < -0.4 is 0 Å². The van der Waals surface area contributed by atoms with Crippen LogP contribution in [0.25, 0.3) is 10.8 Å². The number of carbonyl (C=O) groups is 1. The van der Waals surface area contributed by atoms with Gasteiger partial charge in [-0.1, -0.05) is 70.5 Å². The lowest BCUT2D eigenvalue weighted by Crippen LogP contribution is -2.39. The van der Waals surface area contributed by atoms with Gasteiger partial charge in [0.05, 0.1) is 5.41 Å². The van der Waals surface area contributed by atoms with Crippen LogP contribution in [0.15, 0.2) is 54.6 Å². The second kappa shape index (κ2) is 5.06. The highest BCUT2D eigenvalue weighted by molar-refractivity contribution is 9.09. The molecule has 0 fully saturated rings. The van der Waals surface area contributed by atoms with E-state index in [9.17, 15) is 9.90 Å². The van der Waals surface area contributed by atoms with Crippen LogP contribution in [0, 0.1) is 0 Å². The minimum absolute atomic E-state index is 0.103. The van der Waals surface area contributed by atoms with Gasteiger partial charge in [-0.2, -0.15) is 0 Å². The monoisotopic (exact) mass is 330 g/mol. The topological polar surface area (TPSA) is 37.3 Å². The standard InChI is InChI=1S/C17H15BrO2/c18-13-7-4-10-17(11-13,16(19)20)15-9-3-6-12-5-1-2-8-14(12)15/h1-9,13H,10-11H2,(H,19,20). The van der Waals surface area contributed by atoms with Crippen LogP contribution in [-0.4, -0.2) is 15.9 Å². The van der Waals surface area contributed by atoms with E-state index in [1.165, 1.54) is 0 Å². The van der Waals surface area contributed by atoms with E-state index in [1.807, 2.05) is 54.6 Å². The molecule has 0 aromatic heterocycles. The molecule has 2 atom stereocenters. The molecule has 1 aliphatic rings. The second-order valence-corrected chi connectivity index (χ2v) is 6.44. The summed E-state index contributed by atoms with van der Waals surface area (Å²) in [5, 5.41) is 12.0. The largest absolute Gasteiger partial charge is 0.481 e. The predicted molar refractivity (Wildman–Crippen MR) is 84.4 cm³/mol. The first kappa shape index (κ1) is 13.4. The fourth-order valence-corrected chi connectivity index (χ4v) is 3.82. The summed E-state index contributed by atoms with van der Waals surface area (Å²) in [5.41, 5.74) is 0.0703. The van der Waals surface area contributed by atoms with Crippen LogP contribution in [0.3, 0.4) is 0 Å². The third kappa shape index (κ3) is 2.06. The Morgan fingerprint density at radius 3 is 2.70 bits per heavy atom. The molecule has 0 saturated heterocycles. The summed E-state index contributed by atoms with van der Waals surface area (Å²) in [5.74, 6) is -0.748. The van der Waals surface area contributed by atoms with Crippen molar-refractivity contribution in [3.63, 3.8) is 0 Å². The van der Waals surface area contributed by atoms with Crippen LogP contribution in [0.1, 0.15) is 18.4 Å². The van der Waals surface area contributed by atoms with Crippen molar-refractivity contribution in [1.29, 1.82) is 0 Å². The maximum absolute atomic E-state index is 12.0. The number of hydrogen-bond acceptors (Lipinski definition) is 1. The molecule has 2 aromatic carbocycles. The van der Waals surface area contributed by atoms with Gasteiger partial charge < -0.3 is 5.11 Å². The highest BCUT2D eigenvalue weighted by Crippen LogP contribution is 2.42. The second-order valence-electron chi connectivity index (χ2n) is 5.27. The molecule has 0 heterocycles. The number of fused-ring (bicyclic) bond motifs is 1. The van der Waals surface area contributed by atoms with Crippen molar-refractivity contribution in [3.8, 4) is 0 Å². The Morgan fingerprint density at radius 2 is 1.95 bits per heavy atom. The first-order valence-electron chi connectivity index (χ1n) is 6.66. The van der Waals surface area contributed by atoms with Gasteiger partial charge in [0.1, 0.15) is 0 Å². The molecule has 3 heteroatoms. The number of allylic oxidation sites excluding steroid dienone is 2. The SMILES string of the molecule is O=C(O)C1(c2cccc3ccccc23)CC=CC(Br)C1. The highest BCUT2D eigenvalue weighted by atomic mass is 79.9. The van der Waals surface area contributed by atoms with Crippen molar-refractivity contribution < 1.29 is 9.90 Å². The van der Waals surface area contributed by atoms with Crippen molar-refractivity contribution in [3.05, 3.63) is 60.2 Å². The van der Waals surface area contributed by atoms with Crippen molar-refractivity contribution in [2.24, 2.45) is 0 Å². The number of halogens is 1. The Labute approximate surface area is 126 Å². The molecule has 2 aromatic rings. The number of rotatable bonds is 2. The third-order valence-corrected chi connectivity index (χ3v) is 4.70. The van der Waals surface area contributed by atoms with Gasteiger partial charge in [0, 0.05) is 4.83 Å². The number of carboxylic acids is 1. The van der Waals surface area contributed by atoms with E-state index in [2.05, 4.69) is 15.9 Å². The summed E-state index contributed by atoms with van der Waals surface area (Å²) in [6.45, 7) is 0. The van der Waals surface area contributed by atoms with Crippen molar-refractivity contribution in [2.45, 2.75) is 23.1 Å². The van der Waals surface area contributed by atoms with Gasteiger partial charge in [-0.25, -0.2) is 0 Å². The average molecular weight is 331 g/mol. The highest BCUT2D eigenvalue weighted by Gasteiger charge is 2.43. The van der Waals surface area contributed by atoms with Gasteiger partial charge in [-0.15, -0.1) is 0 Å². The zero-order chi connectivity index (χ0) is 14.2. The Hall–Kier alpha value is -1.61. The Kier molecular flexibility index (Phi) is 3.38. The summed E-state index contributed by atoms with van der Waals surface area (Å²) < 4.78 is 0. The van der Waals surface area contributed by atoms with Gasteiger partial charge in [0.25, 0.3) is 0 Å². The normalized spacial score (nSPS) is 25.8. The molecule has 3 rings (SSSR count). The molecule has 0 spiro atoms. The zero-order valence-electron chi connectivity index (χ0n) is 10.9. The summed E-state index contributed by atoms with van der Waals surface area (Å²) >= 11 is 3.54. The van der Waals surface area contributed by atoms with E-state index in [-0.39, 0.29) is 4.83 Å². The molecule has 2 nitrogen and oxygen atoms in total. The molecule has 1 N–H and O–H groups in total.